The second-order valence-electron chi connectivity index (χ2n) is 7.64. The Kier molecular flexibility index (Phi) is 11.9. The number of halogens is 1. The fourth-order valence-electron chi connectivity index (χ4n) is 2.36. The van der Waals surface area contributed by atoms with Crippen LogP contribution in [0.5, 0.6) is 0 Å². The minimum Gasteiger partial charge on any atom is -0.444 e. The monoisotopic (exact) mass is 505 g/mol. The number of rotatable bonds is 7. The summed E-state index contributed by atoms with van der Waals surface area (Å²) in [6, 6.07) is 6.42. The van der Waals surface area contributed by atoms with Crippen molar-refractivity contribution < 1.29 is 9.53 Å². The Morgan fingerprint density at radius 1 is 1.14 bits per heavy atom. The Morgan fingerprint density at radius 3 is 2.32 bits per heavy atom. The van der Waals surface area contributed by atoms with E-state index < -0.39 is 5.60 Å². The van der Waals surface area contributed by atoms with E-state index in [1.807, 2.05) is 34.9 Å². The van der Waals surface area contributed by atoms with Crippen LogP contribution in [0.4, 0.5) is 10.5 Å². The molecule has 1 amide bonds. The zero-order chi connectivity index (χ0) is 20.4. The topological polar surface area (TPSA) is 78.0 Å². The lowest BCUT2D eigenvalue weighted by Gasteiger charge is -2.19. The lowest BCUT2D eigenvalue weighted by Crippen LogP contribution is -2.39. The number of aryl methyl sites for hydroxylation is 1. The fraction of sp³-hybridized carbons (Fsp3) is 0.600. The van der Waals surface area contributed by atoms with Crippen molar-refractivity contribution >= 4 is 41.7 Å². The molecule has 1 rings (SSSR count). The third-order valence-corrected chi connectivity index (χ3v) is 3.83. The number of ether oxygens (including phenoxy) is 1. The molecule has 160 valence electrons. The number of alkyl carbamates (subject to hydrolysis) is 1. The van der Waals surface area contributed by atoms with Gasteiger partial charge in [0.1, 0.15) is 5.60 Å². The molecule has 7 nitrogen and oxygen atoms in total. The molecule has 0 saturated carbocycles. The van der Waals surface area contributed by atoms with Crippen molar-refractivity contribution in [2.75, 3.05) is 39.1 Å². The minimum absolute atomic E-state index is 0. The number of aliphatic imine (C=N–C) groups is 1. The molecule has 1 aromatic rings. The van der Waals surface area contributed by atoms with Crippen molar-refractivity contribution in [1.29, 1.82) is 0 Å². The zero-order valence-corrected chi connectivity index (χ0v) is 20.5. The molecule has 0 aliphatic carbocycles. The van der Waals surface area contributed by atoms with Gasteiger partial charge in [0, 0.05) is 46.5 Å². The highest BCUT2D eigenvalue weighted by atomic mass is 127. The number of benzene rings is 1. The van der Waals surface area contributed by atoms with Crippen LogP contribution < -0.4 is 20.9 Å². The van der Waals surface area contributed by atoms with E-state index in [1.54, 1.807) is 7.05 Å². The molecule has 1 aromatic carbocycles. The summed E-state index contributed by atoms with van der Waals surface area (Å²) in [4.78, 5) is 17.9. The molecule has 0 unspecified atom stereocenters. The molecule has 0 radical (unpaired) electrons. The van der Waals surface area contributed by atoms with Gasteiger partial charge < -0.3 is 25.6 Å². The highest BCUT2D eigenvalue weighted by molar-refractivity contribution is 14.0. The Balaban J connectivity index is 0.00000729. The molecule has 0 aliphatic heterocycles. The summed E-state index contributed by atoms with van der Waals surface area (Å²) in [5, 5.41) is 9.31. The first-order chi connectivity index (χ1) is 12.6. The lowest BCUT2D eigenvalue weighted by molar-refractivity contribution is 0.0527. The minimum atomic E-state index is -0.475. The van der Waals surface area contributed by atoms with Gasteiger partial charge in [-0.1, -0.05) is 6.07 Å². The SMILES string of the molecule is CN=C(NCCCNC(=O)OC(C)(C)C)NCc1ccc(N(C)C)cc1C.I. The number of hydrogen-bond acceptors (Lipinski definition) is 4. The van der Waals surface area contributed by atoms with Gasteiger partial charge in [-0.15, -0.1) is 24.0 Å². The average Bonchev–Trinajstić information content (AvgIpc) is 2.56. The van der Waals surface area contributed by atoms with Crippen molar-refractivity contribution in [2.24, 2.45) is 4.99 Å². The van der Waals surface area contributed by atoms with E-state index in [4.69, 9.17) is 4.74 Å². The summed E-state index contributed by atoms with van der Waals surface area (Å²) in [5.74, 6) is 0.739. The maximum Gasteiger partial charge on any atom is 0.407 e. The standard InChI is InChI=1S/C20H35N5O2.HI/c1-15-13-17(25(6)7)10-9-16(15)14-24-18(21-5)22-11-8-12-23-19(26)27-20(2,3)4;/h9-10,13H,8,11-12,14H2,1-7H3,(H,23,26)(H2,21,22,24);1H. The molecule has 3 N–H and O–H groups in total. The van der Waals surface area contributed by atoms with Crippen LogP contribution in [-0.2, 0) is 11.3 Å². The van der Waals surface area contributed by atoms with Gasteiger partial charge in [-0.05, 0) is 57.4 Å². The second kappa shape index (κ2) is 12.7. The summed E-state index contributed by atoms with van der Waals surface area (Å²) in [6.45, 7) is 9.61. The van der Waals surface area contributed by atoms with Gasteiger partial charge in [-0.3, -0.25) is 4.99 Å². The van der Waals surface area contributed by atoms with Gasteiger partial charge in [0.05, 0.1) is 0 Å². The van der Waals surface area contributed by atoms with Crippen LogP contribution in [0.25, 0.3) is 0 Å². The largest absolute Gasteiger partial charge is 0.444 e. The first-order valence-corrected chi connectivity index (χ1v) is 9.30. The van der Waals surface area contributed by atoms with Crippen LogP contribution in [0, 0.1) is 6.92 Å². The van der Waals surface area contributed by atoms with Crippen LogP contribution in [0.3, 0.4) is 0 Å². The summed E-state index contributed by atoms with van der Waals surface area (Å²) < 4.78 is 5.20. The van der Waals surface area contributed by atoms with Gasteiger partial charge >= 0.3 is 6.09 Å². The van der Waals surface area contributed by atoms with Gasteiger partial charge in [0.15, 0.2) is 5.96 Å². The van der Waals surface area contributed by atoms with Gasteiger partial charge in [-0.25, -0.2) is 4.79 Å². The van der Waals surface area contributed by atoms with E-state index in [0.29, 0.717) is 19.6 Å². The van der Waals surface area contributed by atoms with Crippen molar-refractivity contribution in [2.45, 2.75) is 46.3 Å². The van der Waals surface area contributed by atoms with E-state index in [0.717, 1.165) is 12.4 Å². The van der Waals surface area contributed by atoms with Crippen LogP contribution >= 0.6 is 24.0 Å². The number of amides is 1. The van der Waals surface area contributed by atoms with Gasteiger partial charge in [-0.2, -0.15) is 0 Å². The highest BCUT2D eigenvalue weighted by Gasteiger charge is 2.15. The average molecular weight is 505 g/mol. The first-order valence-electron chi connectivity index (χ1n) is 9.30. The number of hydrogen-bond donors (Lipinski definition) is 3. The van der Waals surface area contributed by atoms with Crippen LogP contribution in [0.15, 0.2) is 23.2 Å². The molecule has 0 saturated heterocycles. The molecular formula is C20H36IN5O2. The van der Waals surface area contributed by atoms with Crippen molar-refractivity contribution in [3.63, 3.8) is 0 Å². The second-order valence-corrected chi connectivity index (χ2v) is 7.64. The van der Waals surface area contributed by atoms with E-state index in [2.05, 4.69) is 51.0 Å². The molecule has 0 fully saturated rings. The molecular weight excluding hydrogens is 469 g/mol. The summed E-state index contributed by atoms with van der Waals surface area (Å²) in [6.07, 6.45) is 0.387. The molecule has 0 spiro atoms. The maximum absolute atomic E-state index is 11.6. The molecule has 8 heteroatoms. The van der Waals surface area contributed by atoms with E-state index in [-0.39, 0.29) is 30.1 Å². The van der Waals surface area contributed by atoms with Crippen LogP contribution in [-0.4, -0.2) is 51.9 Å². The number of carbonyl (C=O) groups is 1. The number of anilines is 1. The third-order valence-electron chi connectivity index (χ3n) is 3.83. The molecule has 0 bridgehead atoms. The quantitative estimate of drug-likeness (QED) is 0.230. The predicted octanol–water partition coefficient (Wildman–Crippen LogP) is 3.26. The van der Waals surface area contributed by atoms with Gasteiger partial charge in [0.25, 0.3) is 0 Å². The molecule has 0 heterocycles. The third kappa shape index (κ3) is 10.6. The number of carbonyl (C=O) groups excluding carboxylic acids is 1. The Labute approximate surface area is 186 Å². The fourth-order valence-corrected chi connectivity index (χ4v) is 2.36. The Bertz CT molecular complexity index is 642. The molecule has 0 aliphatic rings. The Hall–Kier alpha value is -1.71. The van der Waals surface area contributed by atoms with Crippen molar-refractivity contribution in [3.8, 4) is 0 Å². The van der Waals surface area contributed by atoms with Crippen LogP contribution in [0.1, 0.15) is 38.3 Å². The molecule has 0 atom stereocenters. The number of nitrogens with zero attached hydrogens (tertiary/aromatic N) is 2. The lowest BCUT2D eigenvalue weighted by atomic mass is 10.1. The normalized spacial score (nSPS) is 11.3. The zero-order valence-electron chi connectivity index (χ0n) is 18.2. The molecule has 0 aromatic heterocycles. The summed E-state index contributed by atoms with van der Waals surface area (Å²) >= 11 is 0. The summed E-state index contributed by atoms with van der Waals surface area (Å²) in [7, 11) is 5.82. The number of nitrogens with one attached hydrogen (secondary N) is 3. The van der Waals surface area contributed by atoms with Crippen molar-refractivity contribution in [1.82, 2.24) is 16.0 Å². The van der Waals surface area contributed by atoms with Crippen molar-refractivity contribution in [3.05, 3.63) is 29.3 Å². The smallest absolute Gasteiger partial charge is 0.407 e. The Morgan fingerprint density at radius 2 is 1.79 bits per heavy atom. The molecule has 28 heavy (non-hydrogen) atoms. The van der Waals surface area contributed by atoms with E-state index in [1.165, 1.54) is 16.8 Å². The predicted molar refractivity (Wildman–Crippen MR) is 128 cm³/mol. The van der Waals surface area contributed by atoms with E-state index in [9.17, 15) is 4.79 Å². The van der Waals surface area contributed by atoms with Gasteiger partial charge in [0.2, 0.25) is 0 Å². The first kappa shape index (κ1) is 26.3. The van der Waals surface area contributed by atoms with E-state index >= 15 is 0 Å². The summed E-state index contributed by atoms with van der Waals surface area (Å²) in [5.41, 5.74) is 3.19. The number of guanidine groups is 1. The maximum atomic E-state index is 11.6. The highest BCUT2D eigenvalue weighted by Crippen LogP contribution is 2.17. The van der Waals surface area contributed by atoms with Crippen LogP contribution in [0.2, 0.25) is 0 Å².